The number of nitrogen functional groups attached to an aromatic ring is 1. The second-order valence-corrected chi connectivity index (χ2v) is 4.09. The van der Waals surface area contributed by atoms with Crippen molar-refractivity contribution in [2.24, 2.45) is 5.92 Å². The van der Waals surface area contributed by atoms with Gasteiger partial charge in [-0.3, -0.25) is 4.79 Å². The van der Waals surface area contributed by atoms with Crippen molar-refractivity contribution in [1.82, 2.24) is 0 Å². The normalized spacial score (nSPS) is 15.5. The van der Waals surface area contributed by atoms with Crippen molar-refractivity contribution in [1.29, 1.82) is 0 Å². The van der Waals surface area contributed by atoms with Gasteiger partial charge < -0.3 is 11.1 Å². The van der Waals surface area contributed by atoms with Gasteiger partial charge >= 0.3 is 0 Å². The first-order chi connectivity index (χ1) is 7.25. The molecule has 3 nitrogen and oxygen atoms in total. The van der Waals surface area contributed by atoms with Crippen molar-refractivity contribution in [3.8, 4) is 0 Å². The predicted octanol–water partition coefficient (Wildman–Crippen LogP) is 2.82. The van der Waals surface area contributed by atoms with Gasteiger partial charge in [-0.1, -0.05) is 12.8 Å². The highest BCUT2D eigenvalue weighted by atomic mass is 35.5. The first-order valence-corrected chi connectivity index (χ1v) is 5.42. The minimum absolute atomic E-state index is 0. The number of rotatable bonds is 2. The number of carbonyl (C=O) groups is 1. The Morgan fingerprint density at radius 3 is 2.31 bits per heavy atom. The van der Waals surface area contributed by atoms with Crippen molar-refractivity contribution in [3.05, 3.63) is 24.3 Å². The SMILES string of the molecule is Cl.Nc1ccc(NC(=O)C2CCCC2)cc1. The molecule has 0 saturated heterocycles. The Labute approximate surface area is 102 Å². The molecule has 0 atom stereocenters. The number of hydrogen-bond acceptors (Lipinski definition) is 2. The molecule has 3 N–H and O–H groups in total. The molecule has 0 spiro atoms. The fraction of sp³-hybridized carbons (Fsp3) is 0.417. The van der Waals surface area contributed by atoms with E-state index in [9.17, 15) is 4.79 Å². The molecule has 1 aliphatic carbocycles. The van der Waals surface area contributed by atoms with Gasteiger partial charge in [0.05, 0.1) is 0 Å². The smallest absolute Gasteiger partial charge is 0.227 e. The average molecular weight is 241 g/mol. The summed E-state index contributed by atoms with van der Waals surface area (Å²) in [6.07, 6.45) is 4.42. The van der Waals surface area contributed by atoms with Crippen LogP contribution in [0.2, 0.25) is 0 Å². The summed E-state index contributed by atoms with van der Waals surface area (Å²) in [6.45, 7) is 0. The lowest BCUT2D eigenvalue weighted by Gasteiger charge is -2.10. The highest BCUT2D eigenvalue weighted by molar-refractivity contribution is 5.92. The molecule has 1 saturated carbocycles. The van der Waals surface area contributed by atoms with Crippen molar-refractivity contribution < 1.29 is 4.79 Å². The number of anilines is 2. The molecule has 0 aromatic heterocycles. The van der Waals surface area contributed by atoms with Crippen LogP contribution < -0.4 is 11.1 Å². The van der Waals surface area contributed by atoms with Gasteiger partial charge in [0, 0.05) is 17.3 Å². The molecule has 16 heavy (non-hydrogen) atoms. The Hall–Kier alpha value is -1.22. The van der Waals surface area contributed by atoms with E-state index in [1.165, 1.54) is 12.8 Å². The van der Waals surface area contributed by atoms with E-state index >= 15 is 0 Å². The molecule has 1 aromatic carbocycles. The Morgan fingerprint density at radius 1 is 1.19 bits per heavy atom. The van der Waals surface area contributed by atoms with Gasteiger partial charge in [0.1, 0.15) is 0 Å². The average Bonchev–Trinajstić information content (AvgIpc) is 2.74. The third-order valence-electron chi connectivity index (χ3n) is 2.90. The van der Waals surface area contributed by atoms with Crippen LogP contribution in [0, 0.1) is 5.92 Å². The zero-order valence-corrected chi connectivity index (χ0v) is 9.93. The van der Waals surface area contributed by atoms with E-state index < -0.39 is 0 Å². The standard InChI is InChI=1S/C12H16N2O.ClH/c13-10-5-7-11(8-6-10)14-12(15)9-3-1-2-4-9;/h5-9H,1-4,13H2,(H,14,15);1H. The second-order valence-electron chi connectivity index (χ2n) is 4.09. The van der Waals surface area contributed by atoms with Gasteiger partial charge in [-0.25, -0.2) is 0 Å². The third-order valence-corrected chi connectivity index (χ3v) is 2.90. The number of nitrogens with one attached hydrogen (secondary N) is 1. The van der Waals surface area contributed by atoms with Crippen molar-refractivity contribution in [2.75, 3.05) is 11.1 Å². The fourth-order valence-corrected chi connectivity index (χ4v) is 2.00. The van der Waals surface area contributed by atoms with Crippen molar-refractivity contribution in [2.45, 2.75) is 25.7 Å². The summed E-state index contributed by atoms with van der Waals surface area (Å²) in [4.78, 5) is 11.8. The molecule has 4 heteroatoms. The van der Waals surface area contributed by atoms with Crippen LogP contribution in [0.4, 0.5) is 11.4 Å². The summed E-state index contributed by atoms with van der Waals surface area (Å²) < 4.78 is 0. The van der Waals surface area contributed by atoms with Crippen molar-refractivity contribution >= 4 is 29.7 Å². The molecule has 1 aromatic rings. The minimum Gasteiger partial charge on any atom is -0.399 e. The van der Waals surface area contributed by atoms with E-state index in [0.29, 0.717) is 5.69 Å². The van der Waals surface area contributed by atoms with Crippen LogP contribution >= 0.6 is 12.4 Å². The maximum absolute atomic E-state index is 11.8. The molecular formula is C12H17ClN2O. The Bertz CT molecular complexity index is 345. The lowest BCUT2D eigenvalue weighted by atomic mass is 10.1. The van der Waals surface area contributed by atoms with Crippen LogP contribution in [-0.4, -0.2) is 5.91 Å². The number of benzene rings is 1. The molecule has 0 heterocycles. The van der Waals surface area contributed by atoms with E-state index in [4.69, 9.17) is 5.73 Å². The second kappa shape index (κ2) is 5.75. The highest BCUT2D eigenvalue weighted by Gasteiger charge is 2.22. The summed E-state index contributed by atoms with van der Waals surface area (Å²) in [6, 6.07) is 7.26. The third kappa shape index (κ3) is 3.14. The minimum atomic E-state index is 0. The van der Waals surface area contributed by atoms with Crippen LogP contribution in [0.5, 0.6) is 0 Å². The van der Waals surface area contributed by atoms with Gasteiger partial charge in [-0.05, 0) is 37.1 Å². The molecule has 0 aliphatic heterocycles. The molecule has 0 unspecified atom stereocenters. The maximum atomic E-state index is 11.8. The van der Waals surface area contributed by atoms with E-state index in [1.54, 1.807) is 12.1 Å². The number of hydrogen-bond donors (Lipinski definition) is 2. The van der Waals surface area contributed by atoms with Gasteiger partial charge in [-0.15, -0.1) is 12.4 Å². The van der Waals surface area contributed by atoms with Crippen LogP contribution in [0.25, 0.3) is 0 Å². The van der Waals surface area contributed by atoms with Crippen LogP contribution in [0.1, 0.15) is 25.7 Å². The lowest BCUT2D eigenvalue weighted by molar-refractivity contribution is -0.119. The zero-order chi connectivity index (χ0) is 10.7. The van der Waals surface area contributed by atoms with Crippen LogP contribution in [-0.2, 0) is 4.79 Å². The van der Waals surface area contributed by atoms with Gasteiger partial charge in [-0.2, -0.15) is 0 Å². The molecule has 0 radical (unpaired) electrons. The van der Waals surface area contributed by atoms with Crippen LogP contribution in [0.3, 0.4) is 0 Å². The van der Waals surface area contributed by atoms with E-state index in [1.807, 2.05) is 12.1 Å². The number of halogens is 1. The fourth-order valence-electron chi connectivity index (χ4n) is 2.00. The monoisotopic (exact) mass is 240 g/mol. The van der Waals surface area contributed by atoms with E-state index in [0.717, 1.165) is 18.5 Å². The molecule has 1 aliphatic rings. The maximum Gasteiger partial charge on any atom is 0.227 e. The van der Waals surface area contributed by atoms with E-state index in [2.05, 4.69) is 5.32 Å². The highest BCUT2D eigenvalue weighted by Crippen LogP contribution is 2.26. The first-order valence-electron chi connectivity index (χ1n) is 5.42. The molecule has 88 valence electrons. The van der Waals surface area contributed by atoms with E-state index in [-0.39, 0.29) is 24.2 Å². The zero-order valence-electron chi connectivity index (χ0n) is 9.11. The Morgan fingerprint density at radius 2 is 1.75 bits per heavy atom. The predicted molar refractivity (Wildman–Crippen MR) is 68.7 cm³/mol. The van der Waals surface area contributed by atoms with Crippen LogP contribution in [0.15, 0.2) is 24.3 Å². The first kappa shape index (κ1) is 12.8. The molecule has 2 rings (SSSR count). The quantitative estimate of drug-likeness (QED) is 0.781. The number of carbonyl (C=O) groups excluding carboxylic acids is 1. The topological polar surface area (TPSA) is 55.1 Å². The Balaban J connectivity index is 0.00000128. The largest absolute Gasteiger partial charge is 0.399 e. The molecule has 1 amide bonds. The van der Waals surface area contributed by atoms with Gasteiger partial charge in [0.25, 0.3) is 0 Å². The summed E-state index contributed by atoms with van der Waals surface area (Å²) in [5.74, 6) is 0.361. The summed E-state index contributed by atoms with van der Waals surface area (Å²) in [5, 5.41) is 2.92. The number of amides is 1. The summed E-state index contributed by atoms with van der Waals surface area (Å²) >= 11 is 0. The molecular weight excluding hydrogens is 224 g/mol. The van der Waals surface area contributed by atoms with Gasteiger partial charge in [0.2, 0.25) is 5.91 Å². The summed E-state index contributed by atoms with van der Waals surface area (Å²) in [7, 11) is 0. The Kier molecular flexibility index (Phi) is 4.62. The summed E-state index contributed by atoms with van der Waals surface area (Å²) in [5.41, 5.74) is 7.12. The van der Waals surface area contributed by atoms with Gasteiger partial charge in [0.15, 0.2) is 0 Å². The van der Waals surface area contributed by atoms with Crippen molar-refractivity contribution in [3.63, 3.8) is 0 Å². The molecule has 0 bridgehead atoms. The molecule has 1 fully saturated rings. The lowest BCUT2D eigenvalue weighted by Crippen LogP contribution is -2.20. The number of nitrogens with two attached hydrogens (primary N) is 1.